The number of piperazine rings is 1. The second kappa shape index (κ2) is 8.36. The van der Waals surface area contributed by atoms with Crippen LogP contribution >= 0.6 is 0 Å². The van der Waals surface area contributed by atoms with Gasteiger partial charge in [-0.1, -0.05) is 6.07 Å². The van der Waals surface area contributed by atoms with Crippen LogP contribution in [0.25, 0.3) is 0 Å². The van der Waals surface area contributed by atoms with Crippen molar-refractivity contribution in [1.82, 2.24) is 4.90 Å². The lowest BCUT2D eigenvalue weighted by atomic mass is 10.2. The Balaban J connectivity index is 1.72. The predicted octanol–water partition coefficient (Wildman–Crippen LogP) is 2.47. The zero-order valence-electron chi connectivity index (χ0n) is 16.3. The molecule has 0 spiro atoms. The van der Waals surface area contributed by atoms with Gasteiger partial charge in [0.1, 0.15) is 17.7 Å². The summed E-state index contributed by atoms with van der Waals surface area (Å²) >= 11 is 0. The summed E-state index contributed by atoms with van der Waals surface area (Å²) < 4.78 is 52.3. The fraction of sp³-hybridized carbons (Fsp3) is 0.350. The average molecular weight is 423 g/mol. The Morgan fingerprint density at radius 3 is 2.17 bits per heavy atom. The smallest absolute Gasteiger partial charge is 0.246 e. The van der Waals surface area contributed by atoms with E-state index in [-0.39, 0.29) is 17.4 Å². The number of rotatable bonds is 5. The van der Waals surface area contributed by atoms with Crippen LogP contribution in [0.4, 0.5) is 20.2 Å². The standard InChI is InChI=1S/C20H23F2N3O3S/c1-15(25(29(2,27)28)19-5-3-4-17(22)14-19)20(26)24-12-10-23(11-13-24)18-8-6-16(21)7-9-18/h3-9,14-15H,10-13H2,1-2H3/t15-/m0/s1. The molecule has 1 saturated heterocycles. The van der Waals surface area contributed by atoms with Crippen molar-refractivity contribution in [3.05, 3.63) is 60.2 Å². The van der Waals surface area contributed by atoms with Gasteiger partial charge in [-0.15, -0.1) is 0 Å². The molecule has 0 aliphatic carbocycles. The molecule has 2 aromatic rings. The van der Waals surface area contributed by atoms with Gasteiger partial charge in [0, 0.05) is 31.9 Å². The van der Waals surface area contributed by atoms with Gasteiger partial charge in [0.15, 0.2) is 0 Å². The van der Waals surface area contributed by atoms with E-state index in [9.17, 15) is 22.0 Å². The lowest BCUT2D eigenvalue weighted by molar-refractivity contribution is -0.132. The van der Waals surface area contributed by atoms with Gasteiger partial charge in [0.25, 0.3) is 0 Å². The SMILES string of the molecule is C[C@@H](C(=O)N1CCN(c2ccc(F)cc2)CC1)N(c1cccc(F)c1)S(C)(=O)=O. The molecule has 0 bridgehead atoms. The van der Waals surface area contributed by atoms with E-state index in [1.165, 1.54) is 37.3 Å². The third-order valence-electron chi connectivity index (χ3n) is 4.91. The third kappa shape index (κ3) is 4.84. The Kier molecular flexibility index (Phi) is 6.07. The highest BCUT2D eigenvalue weighted by Gasteiger charge is 2.33. The fourth-order valence-electron chi connectivity index (χ4n) is 3.52. The van der Waals surface area contributed by atoms with Crippen molar-refractivity contribution >= 4 is 27.3 Å². The van der Waals surface area contributed by atoms with Crippen LogP contribution in [-0.4, -0.2) is 57.7 Å². The maximum Gasteiger partial charge on any atom is 0.246 e. The topological polar surface area (TPSA) is 60.9 Å². The normalized spacial score (nSPS) is 15.9. The molecule has 1 atom stereocenters. The first-order valence-electron chi connectivity index (χ1n) is 9.21. The van der Waals surface area contributed by atoms with Crippen molar-refractivity contribution in [2.24, 2.45) is 0 Å². The van der Waals surface area contributed by atoms with Crippen molar-refractivity contribution in [1.29, 1.82) is 0 Å². The van der Waals surface area contributed by atoms with Gasteiger partial charge in [0.2, 0.25) is 15.9 Å². The predicted molar refractivity (Wildman–Crippen MR) is 108 cm³/mol. The second-order valence-corrected chi connectivity index (χ2v) is 8.86. The first-order valence-corrected chi connectivity index (χ1v) is 11.1. The maximum atomic E-state index is 13.6. The molecule has 1 fully saturated rings. The molecule has 29 heavy (non-hydrogen) atoms. The van der Waals surface area contributed by atoms with Gasteiger partial charge in [0.05, 0.1) is 11.9 Å². The summed E-state index contributed by atoms with van der Waals surface area (Å²) in [5.41, 5.74) is 0.974. The second-order valence-electron chi connectivity index (χ2n) is 7.00. The highest BCUT2D eigenvalue weighted by molar-refractivity contribution is 7.92. The maximum absolute atomic E-state index is 13.6. The molecule has 0 unspecified atom stereocenters. The quantitative estimate of drug-likeness (QED) is 0.741. The van der Waals surface area contributed by atoms with Crippen LogP contribution in [0.1, 0.15) is 6.92 Å². The van der Waals surface area contributed by atoms with Gasteiger partial charge >= 0.3 is 0 Å². The molecule has 2 aromatic carbocycles. The van der Waals surface area contributed by atoms with E-state index in [1.54, 1.807) is 17.0 Å². The van der Waals surface area contributed by atoms with E-state index in [0.717, 1.165) is 22.3 Å². The third-order valence-corrected chi connectivity index (χ3v) is 6.15. The Labute approximate surface area is 169 Å². The summed E-state index contributed by atoms with van der Waals surface area (Å²) in [6.45, 7) is 3.40. The van der Waals surface area contributed by atoms with E-state index in [0.29, 0.717) is 26.2 Å². The van der Waals surface area contributed by atoms with Crippen LogP contribution in [0.2, 0.25) is 0 Å². The Morgan fingerprint density at radius 2 is 1.62 bits per heavy atom. The van der Waals surface area contributed by atoms with Crippen LogP contribution in [0, 0.1) is 11.6 Å². The molecule has 0 radical (unpaired) electrons. The number of halogens is 2. The Hall–Kier alpha value is -2.68. The molecule has 3 rings (SSSR count). The number of hydrogen-bond donors (Lipinski definition) is 0. The monoisotopic (exact) mass is 423 g/mol. The number of carbonyl (C=O) groups is 1. The van der Waals surface area contributed by atoms with Crippen LogP contribution < -0.4 is 9.21 Å². The zero-order chi connectivity index (χ0) is 21.2. The molecule has 0 N–H and O–H groups in total. The highest BCUT2D eigenvalue weighted by Crippen LogP contribution is 2.23. The molecule has 6 nitrogen and oxygen atoms in total. The molecule has 0 aromatic heterocycles. The van der Waals surface area contributed by atoms with Gasteiger partial charge in [-0.05, 0) is 49.4 Å². The summed E-state index contributed by atoms with van der Waals surface area (Å²) in [5, 5.41) is 0. The highest BCUT2D eigenvalue weighted by atomic mass is 32.2. The Bertz CT molecular complexity index is 975. The molecule has 1 aliphatic heterocycles. The molecular formula is C20H23F2N3O3S. The Morgan fingerprint density at radius 1 is 1.00 bits per heavy atom. The minimum absolute atomic E-state index is 0.110. The summed E-state index contributed by atoms with van der Waals surface area (Å²) in [6.07, 6.45) is 0.994. The first-order chi connectivity index (χ1) is 13.7. The van der Waals surface area contributed by atoms with Crippen molar-refractivity contribution < 1.29 is 22.0 Å². The summed E-state index contributed by atoms with van der Waals surface area (Å²) in [6, 6.07) is 10.3. The largest absolute Gasteiger partial charge is 0.368 e. The van der Waals surface area contributed by atoms with Crippen molar-refractivity contribution in [3.8, 4) is 0 Å². The van der Waals surface area contributed by atoms with Crippen LogP contribution in [0.15, 0.2) is 48.5 Å². The van der Waals surface area contributed by atoms with Crippen molar-refractivity contribution in [2.45, 2.75) is 13.0 Å². The molecular weight excluding hydrogens is 400 g/mol. The molecule has 1 heterocycles. The number of anilines is 2. The number of carbonyl (C=O) groups excluding carboxylic acids is 1. The van der Waals surface area contributed by atoms with Gasteiger partial charge in [-0.3, -0.25) is 9.10 Å². The van der Waals surface area contributed by atoms with Gasteiger partial charge in [-0.2, -0.15) is 0 Å². The number of sulfonamides is 1. The molecule has 156 valence electrons. The lowest BCUT2D eigenvalue weighted by Gasteiger charge is -2.39. The van der Waals surface area contributed by atoms with Gasteiger partial charge in [-0.25, -0.2) is 17.2 Å². The van der Waals surface area contributed by atoms with E-state index in [4.69, 9.17) is 0 Å². The molecule has 0 saturated carbocycles. The summed E-state index contributed by atoms with van der Waals surface area (Å²) in [5.74, 6) is -1.24. The van der Waals surface area contributed by atoms with Crippen LogP contribution in [-0.2, 0) is 14.8 Å². The average Bonchev–Trinajstić information content (AvgIpc) is 2.67. The summed E-state index contributed by atoms with van der Waals surface area (Å²) in [7, 11) is -3.80. The van der Waals surface area contributed by atoms with Crippen LogP contribution in [0.5, 0.6) is 0 Å². The molecule has 1 amide bonds. The van der Waals surface area contributed by atoms with Crippen LogP contribution in [0.3, 0.4) is 0 Å². The molecule has 9 heteroatoms. The number of benzene rings is 2. The fourth-order valence-corrected chi connectivity index (χ4v) is 4.68. The summed E-state index contributed by atoms with van der Waals surface area (Å²) in [4.78, 5) is 16.6. The van der Waals surface area contributed by atoms with Gasteiger partial charge < -0.3 is 9.80 Å². The lowest BCUT2D eigenvalue weighted by Crippen LogP contribution is -2.55. The van der Waals surface area contributed by atoms with E-state index in [1.807, 2.05) is 4.90 Å². The minimum Gasteiger partial charge on any atom is -0.368 e. The number of nitrogens with zero attached hydrogens (tertiary/aromatic N) is 3. The van der Waals surface area contributed by atoms with E-state index < -0.39 is 21.9 Å². The minimum atomic E-state index is -3.80. The number of hydrogen-bond acceptors (Lipinski definition) is 4. The zero-order valence-corrected chi connectivity index (χ0v) is 17.1. The first kappa shape index (κ1) is 21.0. The van der Waals surface area contributed by atoms with Crippen molar-refractivity contribution in [3.63, 3.8) is 0 Å². The van der Waals surface area contributed by atoms with E-state index >= 15 is 0 Å². The number of amides is 1. The van der Waals surface area contributed by atoms with Crippen molar-refractivity contribution in [2.75, 3.05) is 41.6 Å². The van der Waals surface area contributed by atoms with E-state index in [2.05, 4.69) is 0 Å². The molecule has 1 aliphatic rings.